The Balaban J connectivity index is 1.42. The number of carbonyl (C=O) groups excluding carboxylic acids is 1. The van der Waals surface area contributed by atoms with Crippen LogP contribution in [-0.2, 0) is 13.6 Å². The number of hydrogen-bond acceptors (Lipinski definition) is 5. The molecule has 1 aliphatic carbocycles. The van der Waals surface area contributed by atoms with Crippen LogP contribution in [-0.4, -0.2) is 56.7 Å². The van der Waals surface area contributed by atoms with Gasteiger partial charge in [-0.25, -0.2) is 4.98 Å². The smallest absolute Gasteiger partial charge is 0.257 e. The lowest BCUT2D eigenvalue weighted by molar-refractivity contribution is 0.0759. The van der Waals surface area contributed by atoms with Crippen LogP contribution in [0.2, 0.25) is 0 Å². The molecule has 0 spiro atoms. The van der Waals surface area contributed by atoms with Gasteiger partial charge < -0.3 is 4.90 Å². The molecule has 0 N–H and O–H groups in total. The van der Waals surface area contributed by atoms with E-state index in [-0.39, 0.29) is 5.91 Å². The van der Waals surface area contributed by atoms with Crippen LogP contribution in [0, 0.1) is 0 Å². The molecule has 4 rings (SSSR count). The van der Waals surface area contributed by atoms with E-state index in [0.29, 0.717) is 5.92 Å². The molecule has 1 aliphatic heterocycles. The Labute approximate surface area is 146 Å². The van der Waals surface area contributed by atoms with Crippen LogP contribution >= 0.6 is 11.3 Å². The largest absolute Gasteiger partial charge is 0.337 e. The first-order chi connectivity index (χ1) is 11.7. The number of aryl methyl sites for hydroxylation is 1. The Bertz CT molecular complexity index is 707. The molecule has 2 fully saturated rings. The van der Waals surface area contributed by atoms with Crippen molar-refractivity contribution in [3.8, 4) is 0 Å². The molecule has 0 atom stereocenters. The monoisotopic (exact) mass is 345 g/mol. The van der Waals surface area contributed by atoms with Crippen molar-refractivity contribution in [2.24, 2.45) is 7.05 Å². The lowest BCUT2D eigenvalue weighted by atomic mass is 10.1. The summed E-state index contributed by atoms with van der Waals surface area (Å²) in [5.74, 6) is 0.685. The SMILES string of the molecule is Cn1ncc(C(=O)N2CCCN(Cc3cscn3)CC2)c1C1CC1. The highest BCUT2D eigenvalue weighted by Crippen LogP contribution is 2.41. The molecule has 0 bridgehead atoms. The molecule has 0 aromatic carbocycles. The summed E-state index contributed by atoms with van der Waals surface area (Å²) in [6.07, 6.45) is 5.13. The molecule has 2 aromatic rings. The third-order valence-corrected chi connectivity index (χ3v) is 5.56. The van der Waals surface area contributed by atoms with Gasteiger partial charge in [-0.05, 0) is 19.3 Å². The van der Waals surface area contributed by atoms with Crippen molar-refractivity contribution in [1.29, 1.82) is 0 Å². The van der Waals surface area contributed by atoms with E-state index in [1.807, 2.05) is 22.1 Å². The van der Waals surface area contributed by atoms with Gasteiger partial charge in [-0.2, -0.15) is 5.10 Å². The predicted octanol–water partition coefficient (Wildman–Crippen LogP) is 2.10. The predicted molar refractivity (Wildman–Crippen MR) is 93.1 cm³/mol. The summed E-state index contributed by atoms with van der Waals surface area (Å²) in [4.78, 5) is 21.8. The summed E-state index contributed by atoms with van der Waals surface area (Å²) < 4.78 is 1.89. The molecule has 1 saturated heterocycles. The second kappa shape index (κ2) is 6.64. The van der Waals surface area contributed by atoms with Crippen molar-refractivity contribution in [3.63, 3.8) is 0 Å². The highest BCUT2D eigenvalue weighted by atomic mass is 32.1. The van der Waals surface area contributed by atoms with E-state index in [0.717, 1.165) is 56.1 Å². The third-order valence-electron chi connectivity index (χ3n) is 4.92. The molecule has 2 aliphatic rings. The van der Waals surface area contributed by atoms with Crippen LogP contribution in [0.25, 0.3) is 0 Å². The van der Waals surface area contributed by atoms with Gasteiger partial charge in [0.15, 0.2) is 0 Å². The number of rotatable bonds is 4. The van der Waals surface area contributed by atoms with Crippen molar-refractivity contribution in [2.45, 2.75) is 31.7 Å². The number of aromatic nitrogens is 3. The molecule has 7 heteroatoms. The molecule has 6 nitrogen and oxygen atoms in total. The van der Waals surface area contributed by atoms with Gasteiger partial charge in [-0.3, -0.25) is 14.4 Å². The van der Waals surface area contributed by atoms with E-state index in [2.05, 4.69) is 20.4 Å². The van der Waals surface area contributed by atoms with Gasteiger partial charge >= 0.3 is 0 Å². The summed E-state index contributed by atoms with van der Waals surface area (Å²) in [5, 5.41) is 6.44. The molecule has 0 unspecified atom stereocenters. The minimum Gasteiger partial charge on any atom is -0.337 e. The second-order valence-corrected chi connectivity index (χ2v) is 7.46. The van der Waals surface area contributed by atoms with Crippen LogP contribution in [0.5, 0.6) is 0 Å². The summed E-state index contributed by atoms with van der Waals surface area (Å²) in [7, 11) is 1.95. The fourth-order valence-electron chi connectivity index (χ4n) is 3.50. The van der Waals surface area contributed by atoms with Gasteiger partial charge in [0, 0.05) is 51.1 Å². The quantitative estimate of drug-likeness (QED) is 0.852. The molecule has 3 heterocycles. The molecule has 1 amide bonds. The Hall–Kier alpha value is -1.73. The molecule has 128 valence electrons. The van der Waals surface area contributed by atoms with E-state index in [4.69, 9.17) is 0 Å². The average Bonchev–Trinajstić information content (AvgIpc) is 3.22. The van der Waals surface area contributed by atoms with Crippen LogP contribution < -0.4 is 0 Å². The van der Waals surface area contributed by atoms with Gasteiger partial charge in [0.05, 0.1) is 28.7 Å². The van der Waals surface area contributed by atoms with Gasteiger partial charge in [-0.15, -0.1) is 11.3 Å². The first-order valence-electron chi connectivity index (χ1n) is 8.63. The van der Waals surface area contributed by atoms with E-state index >= 15 is 0 Å². The highest BCUT2D eigenvalue weighted by Gasteiger charge is 2.33. The van der Waals surface area contributed by atoms with Gasteiger partial charge in [0.2, 0.25) is 0 Å². The van der Waals surface area contributed by atoms with Crippen molar-refractivity contribution in [1.82, 2.24) is 24.6 Å². The van der Waals surface area contributed by atoms with E-state index in [1.54, 1.807) is 17.5 Å². The Morgan fingerprint density at radius 1 is 1.29 bits per heavy atom. The minimum absolute atomic E-state index is 0.153. The van der Waals surface area contributed by atoms with Gasteiger partial charge in [0.25, 0.3) is 5.91 Å². The molecule has 1 saturated carbocycles. The summed E-state index contributed by atoms with van der Waals surface area (Å²) in [6.45, 7) is 4.41. The maximum absolute atomic E-state index is 13.0. The third kappa shape index (κ3) is 3.23. The lowest BCUT2D eigenvalue weighted by Gasteiger charge is -2.21. The van der Waals surface area contributed by atoms with Crippen LogP contribution in [0.3, 0.4) is 0 Å². The lowest BCUT2D eigenvalue weighted by Crippen LogP contribution is -2.35. The standard InChI is InChI=1S/C17H23N5OS/c1-20-16(13-3-4-13)15(9-19-20)17(23)22-6-2-5-21(7-8-22)10-14-11-24-12-18-14/h9,11-13H,2-8,10H2,1H3. The van der Waals surface area contributed by atoms with Crippen molar-refractivity contribution >= 4 is 17.2 Å². The molecular weight excluding hydrogens is 322 g/mol. The summed E-state index contributed by atoms with van der Waals surface area (Å²) in [5.41, 5.74) is 4.95. The number of amides is 1. The Kier molecular flexibility index (Phi) is 4.37. The summed E-state index contributed by atoms with van der Waals surface area (Å²) in [6, 6.07) is 0. The molecule has 0 radical (unpaired) electrons. The second-order valence-electron chi connectivity index (χ2n) is 6.74. The van der Waals surface area contributed by atoms with Crippen LogP contribution in [0.4, 0.5) is 0 Å². The zero-order valence-electron chi connectivity index (χ0n) is 14.0. The van der Waals surface area contributed by atoms with Crippen LogP contribution in [0.1, 0.15) is 46.9 Å². The van der Waals surface area contributed by atoms with E-state index in [1.165, 1.54) is 12.8 Å². The molecule has 2 aromatic heterocycles. The molecular formula is C17H23N5OS. The first-order valence-corrected chi connectivity index (χ1v) is 9.57. The van der Waals surface area contributed by atoms with Crippen LogP contribution in [0.15, 0.2) is 17.1 Å². The zero-order chi connectivity index (χ0) is 16.5. The topological polar surface area (TPSA) is 54.3 Å². The van der Waals surface area contributed by atoms with Crippen molar-refractivity contribution < 1.29 is 4.79 Å². The maximum Gasteiger partial charge on any atom is 0.257 e. The zero-order valence-corrected chi connectivity index (χ0v) is 14.8. The van der Waals surface area contributed by atoms with E-state index in [9.17, 15) is 4.79 Å². The fourth-order valence-corrected chi connectivity index (χ4v) is 4.05. The van der Waals surface area contributed by atoms with Gasteiger partial charge in [-0.1, -0.05) is 0 Å². The summed E-state index contributed by atoms with van der Waals surface area (Å²) >= 11 is 1.64. The Morgan fingerprint density at radius 3 is 2.92 bits per heavy atom. The number of thiazole rings is 1. The number of carbonyl (C=O) groups is 1. The molecule has 24 heavy (non-hydrogen) atoms. The van der Waals surface area contributed by atoms with Crippen molar-refractivity contribution in [2.75, 3.05) is 26.2 Å². The number of hydrogen-bond donors (Lipinski definition) is 0. The Morgan fingerprint density at radius 2 is 2.17 bits per heavy atom. The highest BCUT2D eigenvalue weighted by molar-refractivity contribution is 7.07. The van der Waals surface area contributed by atoms with E-state index < -0.39 is 0 Å². The first kappa shape index (κ1) is 15.8. The maximum atomic E-state index is 13.0. The minimum atomic E-state index is 0.153. The average molecular weight is 345 g/mol. The normalized spacial score (nSPS) is 19.5. The fraction of sp³-hybridized carbons (Fsp3) is 0.588. The number of nitrogens with zero attached hydrogens (tertiary/aromatic N) is 5. The van der Waals surface area contributed by atoms with Crippen molar-refractivity contribution in [3.05, 3.63) is 34.0 Å². The van der Waals surface area contributed by atoms with Gasteiger partial charge in [0.1, 0.15) is 0 Å².